The molecule has 33 heavy (non-hydrogen) atoms. The zero-order chi connectivity index (χ0) is 24.1. The van der Waals surface area contributed by atoms with E-state index in [1.165, 1.54) is 26.0 Å². The predicted molar refractivity (Wildman–Crippen MR) is 122 cm³/mol. The highest BCUT2D eigenvalue weighted by atomic mass is 35.5. The topological polar surface area (TPSA) is 91.4 Å². The molecule has 1 atom stereocenters. The average molecular weight is 476 g/mol. The Morgan fingerprint density at radius 1 is 1.09 bits per heavy atom. The number of ether oxygens (including phenoxy) is 4. The number of nitrogens with zero attached hydrogens (tertiary/aromatic N) is 1. The van der Waals surface area contributed by atoms with Gasteiger partial charge in [0.15, 0.2) is 5.78 Å². The standard InChI is InChI=1S/C24H26ClNO7/c1-5-32-20-7-6-15(14(2)27)8-17(20)13-33-24(29)16-9-23(28)26(12-16)19-10-18(25)21(30-3)11-22(19)31-4/h6-8,10-11,16H,5,9,12-13H2,1-4H3. The van der Waals surface area contributed by atoms with Gasteiger partial charge in [0.2, 0.25) is 5.91 Å². The van der Waals surface area contributed by atoms with Crippen LogP contribution >= 0.6 is 11.6 Å². The minimum Gasteiger partial charge on any atom is -0.495 e. The summed E-state index contributed by atoms with van der Waals surface area (Å²) in [5, 5.41) is 0.320. The van der Waals surface area contributed by atoms with Crippen LogP contribution in [0.2, 0.25) is 5.02 Å². The zero-order valence-corrected chi connectivity index (χ0v) is 19.7. The number of ketones is 1. The first-order valence-corrected chi connectivity index (χ1v) is 10.8. The summed E-state index contributed by atoms with van der Waals surface area (Å²) < 4.78 is 21.6. The maximum absolute atomic E-state index is 12.8. The second kappa shape index (κ2) is 10.6. The fourth-order valence-electron chi connectivity index (χ4n) is 3.63. The Bertz CT molecular complexity index is 1070. The van der Waals surface area contributed by atoms with Crippen LogP contribution in [0.25, 0.3) is 0 Å². The van der Waals surface area contributed by atoms with E-state index >= 15 is 0 Å². The van der Waals surface area contributed by atoms with Crippen molar-refractivity contribution < 1.29 is 33.3 Å². The first-order chi connectivity index (χ1) is 15.8. The maximum Gasteiger partial charge on any atom is 0.311 e. The molecule has 8 nitrogen and oxygen atoms in total. The van der Waals surface area contributed by atoms with Crippen molar-refractivity contribution in [2.24, 2.45) is 5.92 Å². The molecule has 1 heterocycles. The third kappa shape index (κ3) is 5.39. The first kappa shape index (κ1) is 24.4. The van der Waals surface area contributed by atoms with Crippen molar-refractivity contribution in [1.29, 1.82) is 0 Å². The summed E-state index contributed by atoms with van der Waals surface area (Å²) >= 11 is 6.23. The van der Waals surface area contributed by atoms with Gasteiger partial charge in [-0.15, -0.1) is 0 Å². The summed E-state index contributed by atoms with van der Waals surface area (Å²) in [6.07, 6.45) is -0.00254. The van der Waals surface area contributed by atoms with E-state index in [9.17, 15) is 14.4 Å². The molecule has 1 aliphatic heterocycles. The van der Waals surface area contributed by atoms with Crippen LogP contribution in [0.3, 0.4) is 0 Å². The SMILES string of the molecule is CCOc1ccc(C(C)=O)cc1COC(=O)C1CC(=O)N(c2cc(Cl)c(OC)cc2OC)C1. The lowest BCUT2D eigenvalue weighted by atomic mass is 10.1. The number of anilines is 1. The van der Waals surface area contributed by atoms with Crippen LogP contribution in [0.4, 0.5) is 5.69 Å². The molecule has 0 bridgehead atoms. The van der Waals surface area contributed by atoms with E-state index < -0.39 is 11.9 Å². The van der Waals surface area contributed by atoms with E-state index in [0.717, 1.165) is 0 Å². The van der Waals surface area contributed by atoms with E-state index in [4.69, 9.17) is 30.5 Å². The van der Waals surface area contributed by atoms with Crippen molar-refractivity contribution in [3.05, 3.63) is 46.5 Å². The van der Waals surface area contributed by atoms with E-state index in [2.05, 4.69) is 0 Å². The fourth-order valence-corrected chi connectivity index (χ4v) is 3.86. The van der Waals surface area contributed by atoms with Crippen LogP contribution in [-0.4, -0.2) is 45.0 Å². The summed E-state index contributed by atoms with van der Waals surface area (Å²) in [6, 6.07) is 8.17. The molecular formula is C24H26ClNO7. The fraction of sp³-hybridized carbons (Fsp3) is 0.375. The minimum atomic E-state index is -0.658. The van der Waals surface area contributed by atoms with Gasteiger partial charge in [0.1, 0.15) is 23.9 Å². The summed E-state index contributed by atoms with van der Waals surface area (Å²) in [4.78, 5) is 38.6. The minimum absolute atomic E-state index is 0.00254. The average Bonchev–Trinajstić information content (AvgIpc) is 3.19. The lowest BCUT2D eigenvalue weighted by Gasteiger charge is -2.21. The smallest absolute Gasteiger partial charge is 0.311 e. The number of rotatable bonds is 9. The molecule has 0 N–H and O–H groups in total. The van der Waals surface area contributed by atoms with Gasteiger partial charge in [-0.3, -0.25) is 14.4 Å². The van der Waals surface area contributed by atoms with Crippen molar-refractivity contribution >= 4 is 34.9 Å². The van der Waals surface area contributed by atoms with Crippen molar-refractivity contribution in [3.63, 3.8) is 0 Å². The van der Waals surface area contributed by atoms with Gasteiger partial charge in [0.25, 0.3) is 0 Å². The molecule has 0 aromatic heterocycles. The molecule has 0 radical (unpaired) electrons. The normalized spacial score (nSPS) is 15.4. The molecule has 0 saturated carbocycles. The lowest BCUT2D eigenvalue weighted by Crippen LogP contribution is -2.27. The van der Waals surface area contributed by atoms with E-state index in [0.29, 0.717) is 45.7 Å². The molecule has 2 aromatic rings. The van der Waals surface area contributed by atoms with Crippen LogP contribution in [0, 0.1) is 5.92 Å². The number of carbonyl (C=O) groups excluding carboxylic acids is 3. The maximum atomic E-state index is 12.8. The molecule has 1 unspecified atom stereocenters. The molecule has 9 heteroatoms. The zero-order valence-electron chi connectivity index (χ0n) is 19.0. The van der Waals surface area contributed by atoms with Gasteiger partial charge in [-0.05, 0) is 38.1 Å². The summed E-state index contributed by atoms with van der Waals surface area (Å²) in [6.45, 7) is 3.79. The van der Waals surface area contributed by atoms with Gasteiger partial charge in [0.05, 0.1) is 37.5 Å². The first-order valence-electron chi connectivity index (χ1n) is 10.4. The molecule has 0 aliphatic carbocycles. The van der Waals surface area contributed by atoms with Crippen molar-refractivity contribution in [1.82, 2.24) is 0 Å². The number of amides is 1. The summed E-state index contributed by atoms with van der Waals surface area (Å²) in [5.74, 6) is -0.162. The Morgan fingerprint density at radius 2 is 1.82 bits per heavy atom. The Kier molecular flexibility index (Phi) is 7.81. The Balaban J connectivity index is 1.74. The molecule has 2 aromatic carbocycles. The van der Waals surface area contributed by atoms with Crippen LogP contribution < -0.4 is 19.1 Å². The van der Waals surface area contributed by atoms with Gasteiger partial charge < -0.3 is 23.8 Å². The predicted octanol–water partition coefficient (Wildman–Crippen LogP) is 4.05. The number of hydrogen-bond donors (Lipinski definition) is 0. The Hall–Kier alpha value is -3.26. The van der Waals surface area contributed by atoms with E-state index in [1.807, 2.05) is 6.92 Å². The second-order valence-corrected chi connectivity index (χ2v) is 7.89. The van der Waals surface area contributed by atoms with Gasteiger partial charge in [0, 0.05) is 30.2 Å². The van der Waals surface area contributed by atoms with Gasteiger partial charge in [-0.25, -0.2) is 0 Å². The highest BCUT2D eigenvalue weighted by Gasteiger charge is 2.37. The van der Waals surface area contributed by atoms with Crippen molar-refractivity contribution in [2.75, 3.05) is 32.3 Å². The number of methoxy groups -OCH3 is 2. The van der Waals surface area contributed by atoms with E-state index in [1.54, 1.807) is 30.3 Å². The Labute approximate surface area is 197 Å². The Morgan fingerprint density at radius 3 is 2.45 bits per heavy atom. The number of carbonyl (C=O) groups is 3. The van der Waals surface area contributed by atoms with Gasteiger partial charge in [-0.1, -0.05) is 11.6 Å². The molecule has 1 fully saturated rings. The second-order valence-electron chi connectivity index (χ2n) is 7.48. The van der Waals surface area contributed by atoms with Crippen LogP contribution in [-0.2, 0) is 20.9 Å². The molecule has 1 aliphatic rings. The number of Topliss-reactive ketones (excluding diaryl/α,β-unsaturated/α-hetero) is 1. The highest BCUT2D eigenvalue weighted by molar-refractivity contribution is 6.32. The van der Waals surface area contributed by atoms with Gasteiger partial charge in [-0.2, -0.15) is 0 Å². The molecule has 1 amide bonds. The van der Waals surface area contributed by atoms with Crippen molar-refractivity contribution in [2.45, 2.75) is 26.9 Å². The quantitative estimate of drug-likeness (QED) is 0.399. The summed E-state index contributed by atoms with van der Waals surface area (Å²) in [7, 11) is 2.96. The molecule has 1 saturated heterocycles. The van der Waals surface area contributed by atoms with Crippen molar-refractivity contribution in [3.8, 4) is 17.2 Å². The number of benzene rings is 2. The summed E-state index contributed by atoms with van der Waals surface area (Å²) in [5.41, 5.74) is 1.54. The molecule has 3 rings (SSSR count). The van der Waals surface area contributed by atoms with Crippen LogP contribution in [0.5, 0.6) is 17.2 Å². The van der Waals surface area contributed by atoms with Crippen LogP contribution in [0.1, 0.15) is 36.2 Å². The molecule has 176 valence electrons. The molecule has 0 spiro atoms. The highest BCUT2D eigenvalue weighted by Crippen LogP contribution is 2.40. The lowest BCUT2D eigenvalue weighted by molar-refractivity contribution is -0.149. The third-order valence-corrected chi connectivity index (χ3v) is 5.63. The van der Waals surface area contributed by atoms with E-state index in [-0.39, 0.29) is 31.3 Å². The number of esters is 1. The molecular weight excluding hydrogens is 450 g/mol. The monoisotopic (exact) mass is 475 g/mol. The number of hydrogen-bond acceptors (Lipinski definition) is 7. The van der Waals surface area contributed by atoms with Crippen LogP contribution in [0.15, 0.2) is 30.3 Å². The largest absolute Gasteiger partial charge is 0.495 e. The third-order valence-electron chi connectivity index (χ3n) is 5.34. The number of halogens is 1. The van der Waals surface area contributed by atoms with Gasteiger partial charge >= 0.3 is 5.97 Å².